The number of benzene rings is 2. The Morgan fingerprint density at radius 3 is 1.94 bits per heavy atom. The Balaban J connectivity index is 1.48. The van der Waals surface area contributed by atoms with Gasteiger partial charge >= 0.3 is 0 Å². The van der Waals surface area contributed by atoms with Gasteiger partial charge in [0, 0.05) is 21.3 Å². The fourth-order valence-electron chi connectivity index (χ4n) is 3.58. The van der Waals surface area contributed by atoms with Gasteiger partial charge in [-0.15, -0.1) is 0 Å². The molecule has 33 heavy (non-hydrogen) atoms. The fraction of sp³-hybridized carbons (Fsp3) is 0.455. The molecule has 0 spiro atoms. The summed E-state index contributed by atoms with van der Waals surface area (Å²) in [4.78, 5) is 0.196. The predicted octanol–water partition coefficient (Wildman–Crippen LogP) is 5.28. The molecule has 2 aromatic rings. The highest BCUT2D eigenvalue weighted by Crippen LogP contribution is 2.30. The number of ether oxygens (including phenoxy) is 1. The van der Waals surface area contributed by atoms with Crippen LogP contribution in [-0.4, -0.2) is 41.8 Å². The van der Waals surface area contributed by atoms with E-state index < -0.39 is 26.3 Å². The van der Waals surface area contributed by atoms with Crippen LogP contribution in [0, 0.1) is 5.92 Å². The molecular formula is C22H26Br2O7S2. The topological polar surface area (TPSA) is 96.0 Å². The number of hydrogen-bond donors (Lipinski definition) is 0. The molecule has 2 aromatic carbocycles. The zero-order valence-corrected chi connectivity index (χ0v) is 23.0. The van der Waals surface area contributed by atoms with Gasteiger partial charge in [-0.1, -0.05) is 38.8 Å². The molecule has 182 valence electrons. The zero-order valence-electron chi connectivity index (χ0n) is 18.2. The first-order valence-corrected chi connectivity index (χ1v) is 14.9. The molecule has 3 rings (SSSR count). The highest BCUT2D eigenvalue weighted by atomic mass is 79.9. The molecule has 1 aliphatic rings. The summed E-state index contributed by atoms with van der Waals surface area (Å²) in [5.41, 5.74) is 0. The van der Waals surface area contributed by atoms with Crippen molar-refractivity contribution in [1.82, 2.24) is 0 Å². The lowest BCUT2D eigenvalue weighted by atomic mass is 10.0. The summed E-state index contributed by atoms with van der Waals surface area (Å²) in [5, 5.41) is 0. The first kappa shape index (κ1) is 26.8. The highest BCUT2D eigenvalue weighted by molar-refractivity contribution is 9.10. The zero-order chi connectivity index (χ0) is 24.2. The molecule has 4 unspecified atom stereocenters. The Bertz CT molecular complexity index is 1130. The van der Waals surface area contributed by atoms with E-state index in [0.29, 0.717) is 6.42 Å². The van der Waals surface area contributed by atoms with Crippen LogP contribution in [0.2, 0.25) is 0 Å². The molecule has 0 aromatic heterocycles. The van der Waals surface area contributed by atoms with Crippen molar-refractivity contribution in [3.05, 3.63) is 57.5 Å². The third-order valence-corrected chi connectivity index (χ3v) is 9.14. The fourth-order valence-corrected chi connectivity index (χ4v) is 6.20. The molecule has 4 atom stereocenters. The lowest BCUT2D eigenvalue weighted by Gasteiger charge is -2.21. The van der Waals surface area contributed by atoms with Gasteiger partial charge in [0.05, 0.1) is 34.7 Å². The first-order chi connectivity index (χ1) is 15.5. The predicted molar refractivity (Wildman–Crippen MR) is 131 cm³/mol. The molecule has 1 aliphatic heterocycles. The second-order valence-corrected chi connectivity index (χ2v) is 13.1. The molecule has 0 N–H and O–H groups in total. The summed E-state index contributed by atoms with van der Waals surface area (Å²) in [6.45, 7) is 3.58. The van der Waals surface area contributed by atoms with Gasteiger partial charge in [-0.2, -0.15) is 16.8 Å². The Hall–Kier alpha value is -0.820. The Kier molecular flexibility index (Phi) is 9.15. The molecule has 0 bridgehead atoms. The summed E-state index contributed by atoms with van der Waals surface area (Å²) in [6, 6.07) is 12.5. The summed E-state index contributed by atoms with van der Waals surface area (Å²) in [5.74, 6) is -0.150. The first-order valence-electron chi connectivity index (χ1n) is 10.5. The summed E-state index contributed by atoms with van der Waals surface area (Å²) < 4.78 is 67.9. The van der Waals surface area contributed by atoms with Gasteiger partial charge < -0.3 is 4.74 Å². The van der Waals surface area contributed by atoms with Gasteiger partial charge in [0.2, 0.25) is 0 Å². The molecule has 0 amide bonds. The normalized spacial score (nSPS) is 21.1. The number of hydrogen-bond acceptors (Lipinski definition) is 7. The van der Waals surface area contributed by atoms with Crippen molar-refractivity contribution < 1.29 is 29.9 Å². The van der Waals surface area contributed by atoms with Gasteiger partial charge in [0.1, 0.15) is 0 Å². The van der Waals surface area contributed by atoms with E-state index in [4.69, 9.17) is 13.1 Å². The maximum absolute atomic E-state index is 12.5. The van der Waals surface area contributed by atoms with Gasteiger partial charge in [0.15, 0.2) is 0 Å². The molecule has 11 heteroatoms. The van der Waals surface area contributed by atoms with Crippen LogP contribution < -0.4 is 0 Å². The van der Waals surface area contributed by atoms with Crippen LogP contribution in [-0.2, 0) is 33.3 Å². The minimum atomic E-state index is -3.87. The summed E-state index contributed by atoms with van der Waals surface area (Å²) in [6.07, 6.45) is 0.977. The summed E-state index contributed by atoms with van der Waals surface area (Å²) >= 11 is 6.55. The lowest BCUT2D eigenvalue weighted by Crippen LogP contribution is -2.26. The molecular weight excluding hydrogens is 600 g/mol. The van der Waals surface area contributed by atoms with E-state index in [1.807, 2.05) is 6.92 Å². The number of rotatable bonds is 10. The lowest BCUT2D eigenvalue weighted by molar-refractivity contribution is -0.0112. The third kappa shape index (κ3) is 7.58. The molecule has 0 radical (unpaired) electrons. The van der Waals surface area contributed by atoms with Crippen LogP contribution in [0.25, 0.3) is 0 Å². The van der Waals surface area contributed by atoms with Crippen molar-refractivity contribution in [2.24, 2.45) is 5.92 Å². The van der Waals surface area contributed by atoms with Crippen molar-refractivity contribution in [2.45, 2.75) is 61.2 Å². The van der Waals surface area contributed by atoms with E-state index >= 15 is 0 Å². The smallest absolute Gasteiger partial charge is 0.297 e. The van der Waals surface area contributed by atoms with Crippen LogP contribution in [0.1, 0.15) is 33.1 Å². The quantitative estimate of drug-likeness (QED) is 0.331. The third-order valence-electron chi connectivity index (χ3n) is 5.35. The monoisotopic (exact) mass is 624 g/mol. The van der Waals surface area contributed by atoms with Crippen LogP contribution in [0.15, 0.2) is 67.3 Å². The van der Waals surface area contributed by atoms with Crippen LogP contribution >= 0.6 is 31.9 Å². The second kappa shape index (κ2) is 11.3. The van der Waals surface area contributed by atoms with Crippen molar-refractivity contribution in [3.8, 4) is 0 Å². The van der Waals surface area contributed by atoms with Crippen molar-refractivity contribution in [1.29, 1.82) is 0 Å². The van der Waals surface area contributed by atoms with E-state index in [0.717, 1.165) is 21.8 Å². The van der Waals surface area contributed by atoms with Crippen LogP contribution in [0.5, 0.6) is 0 Å². The van der Waals surface area contributed by atoms with E-state index in [-0.39, 0.29) is 34.5 Å². The molecule has 7 nitrogen and oxygen atoms in total. The van der Waals surface area contributed by atoms with E-state index in [1.165, 1.54) is 24.3 Å². The minimum absolute atomic E-state index is 0.000215. The van der Waals surface area contributed by atoms with Crippen LogP contribution in [0.3, 0.4) is 0 Å². The van der Waals surface area contributed by atoms with Crippen molar-refractivity contribution in [3.63, 3.8) is 0 Å². The Morgan fingerprint density at radius 1 is 0.879 bits per heavy atom. The molecule has 0 saturated carbocycles. The highest BCUT2D eigenvalue weighted by Gasteiger charge is 2.32. The molecule has 1 heterocycles. The maximum atomic E-state index is 12.5. The van der Waals surface area contributed by atoms with E-state index in [2.05, 4.69) is 31.9 Å². The number of halogens is 2. The Morgan fingerprint density at radius 2 is 1.39 bits per heavy atom. The van der Waals surface area contributed by atoms with Gasteiger partial charge in [-0.05, 0) is 68.3 Å². The maximum Gasteiger partial charge on any atom is 0.297 e. The molecule has 1 fully saturated rings. The molecule has 0 aliphatic carbocycles. The van der Waals surface area contributed by atoms with Crippen molar-refractivity contribution >= 4 is 52.1 Å². The SMILES string of the molecule is CC(CC1CCC(C(C)COS(=O)(=O)c2ccc(Br)cc2)O1)OS(=O)(=O)c1ccc(Br)cc1. The van der Waals surface area contributed by atoms with E-state index in [1.54, 1.807) is 31.2 Å². The average Bonchev–Trinajstić information content (AvgIpc) is 3.20. The van der Waals surface area contributed by atoms with Crippen LogP contribution in [0.4, 0.5) is 0 Å². The van der Waals surface area contributed by atoms with E-state index in [9.17, 15) is 16.8 Å². The van der Waals surface area contributed by atoms with Gasteiger partial charge in [-0.25, -0.2) is 0 Å². The standard InChI is InChI=1S/C22H26Br2O7S2/c1-15(14-29-32(25,26)20-8-3-17(23)4-9-20)22-12-7-19(30-22)13-16(2)31-33(27,28)21-10-5-18(24)6-11-21/h3-6,8-11,15-16,19,22H,7,12-14H2,1-2H3. The summed E-state index contributed by atoms with van der Waals surface area (Å²) in [7, 11) is -7.72. The van der Waals surface area contributed by atoms with Gasteiger partial charge in [0.25, 0.3) is 20.2 Å². The second-order valence-electron chi connectivity index (χ2n) is 8.09. The molecule has 1 saturated heterocycles. The van der Waals surface area contributed by atoms with Crippen molar-refractivity contribution in [2.75, 3.05) is 6.61 Å². The Labute approximate surface area is 212 Å². The van der Waals surface area contributed by atoms with Gasteiger partial charge in [-0.3, -0.25) is 8.37 Å². The largest absolute Gasteiger partial charge is 0.375 e. The average molecular weight is 626 g/mol. The minimum Gasteiger partial charge on any atom is -0.375 e.